The molecule has 0 saturated carbocycles. The molecule has 0 aliphatic carbocycles. The van der Waals surface area contributed by atoms with Gasteiger partial charge in [0.25, 0.3) is 5.91 Å². The number of hydrogen-bond acceptors (Lipinski definition) is 10. The molecule has 1 aromatic carbocycles. The number of hydrogen-bond donors (Lipinski definition) is 0. The molecule has 1 amide bonds. The average Bonchev–Trinajstić information content (AvgIpc) is 3.37. The molecule has 252 valence electrons. The number of amides is 1. The number of ether oxygens (including phenoxy) is 4. The van der Waals surface area contributed by atoms with Gasteiger partial charge in [-0.3, -0.25) is 14.3 Å². The van der Waals surface area contributed by atoms with E-state index in [0.29, 0.717) is 73.8 Å². The maximum Gasteiger partial charge on any atom is 0.347 e. The minimum absolute atomic E-state index is 0.0417. The van der Waals surface area contributed by atoms with Crippen LogP contribution in [0.15, 0.2) is 24.3 Å². The monoisotopic (exact) mass is 639 g/mol. The Kier molecular flexibility index (Phi) is 14.7. The van der Waals surface area contributed by atoms with E-state index >= 15 is 0 Å². The summed E-state index contributed by atoms with van der Waals surface area (Å²) in [4.78, 5) is 48.9. The lowest BCUT2D eigenvalue weighted by Crippen LogP contribution is -2.35. The van der Waals surface area contributed by atoms with Crippen molar-refractivity contribution in [2.45, 2.75) is 98.5 Å². The molecule has 0 radical (unpaired) electrons. The Morgan fingerprint density at radius 3 is 2.30 bits per heavy atom. The van der Waals surface area contributed by atoms with E-state index in [2.05, 4.69) is 17.0 Å². The molecular weight excluding hydrogens is 590 g/mol. The van der Waals surface area contributed by atoms with E-state index in [9.17, 15) is 14.4 Å². The van der Waals surface area contributed by atoms with E-state index in [1.165, 1.54) is 0 Å². The van der Waals surface area contributed by atoms with Crippen molar-refractivity contribution in [1.82, 2.24) is 24.6 Å². The summed E-state index contributed by atoms with van der Waals surface area (Å²) in [5.41, 5.74) is 2.79. The number of esters is 2. The Morgan fingerprint density at radius 2 is 1.65 bits per heavy atom. The van der Waals surface area contributed by atoms with E-state index < -0.39 is 12.1 Å². The number of unbranched alkanes of at least 4 members (excludes halogenated alkanes) is 2. The molecule has 0 saturated heterocycles. The number of nitrogens with zero attached hydrogens (tertiary/aromatic N) is 5. The third-order valence-electron chi connectivity index (χ3n) is 7.31. The Hall–Kier alpha value is -4.22. The Morgan fingerprint density at radius 1 is 0.913 bits per heavy atom. The SMILES string of the molecule is CCCc1nn(C)c2c(OCN(CCCCCC(=O)OCC)C(=O)c3ccc(OC(CCC)C(=O)OCC)cc3)nc(CC)nc12. The molecule has 0 spiro atoms. The van der Waals surface area contributed by atoms with Crippen LogP contribution < -0.4 is 9.47 Å². The molecule has 2 heterocycles. The number of fused-ring (bicyclic) bond motifs is 1. The van der Waals surface area contributed by atoms with Gasteiger partial charge in [0.15, 0.2) is 12.8 Å². The molecule has 1 atom stereocenters. The summed E-state index contributed by atoms with van der Waals surface area (Å²) in [6.45, 7) is 10.6. The zero-order valence-electron chi connectivity index (χ0n) is 28.2. The van der Waals surface area contributed by atoms with Crippen molar-refractivity contribution < 1.29 is 33.3 Å². The second kappa shape index (κ2) is 18.7. The van der Waals surface area contributed by atoms with Gasteiger partial charge < -0.3 is 23.8 Å². The van der Waals surface area contributed by atoms with Crippen LogP contribution in [0.5, 0.6) is 11.6 Å². The molecule has 1 unspecified atom stereocenters. The molecule has 0 fully saturated rings. The first-order chi connectivity index (χ1) is 22.3. The molecule has 12 nitrogen and oxygen atoms in total. The summed E-state index contributed by atoms with van der Waals surface area (Å²) < 4.78 is 24.1. The van der Waals surface area contributed by atoms with Gasteiger partial charge in [0, 0.05) is 32.0 Å². The van der Waals surface area contributed by atoms with E-state index in [0.717, 1.165) is 36.9 Å². The maximum absolute atomic E-state index is 13.8. The normalized spacial score (nSPS) is 11.7. The number of rotatable bonds is 20. The van der Waals surface area contributed by atoms with Crippen LogP contribution in [0.2, 0.25) is 0 Å². The predicted molar refractivity (Wildman–Crippen MR) is 174 cm³/mol. The lowest BCUT2D eigenvalue weighted by atomic mass is 10.1. The van der Waals surface area contributed by atoms with Crippen molar-refractivity contribution in [2.75, 3.05) is 26.5 Å². The van der Waals surface area contributed by atoms with Crippen LogP contribution in [-0.4, -0.2) is 75.1 Å². The first-order valence-corrected chi connectivity index (χ1v) is 16.5. The fourth-order valence-corrected chi connectivity index (χ4v) is 5.00. The molecule has 0 aliphatic rings. The van der Waals surface area contributed by atoms with Crippen LogP contribution >= 0.6 is 0 Å². The molecule has 0 bridgehead atoms. The van der Waals surface area contributed by atoms with Crippen LogP contribution in [0.3, 0.4) is 0 Å². The second-order valence-electron chi connectivity index (χ2n) is 10.9. The van der Waals surface area contributed by atoms with Gasteiger partial charge in [-0.2, -0.15) is 10.1 Å². The highest BCUT2D eigenvalue weighted by atomic mass is 16.6. The third-order valence-corrected chi connectivity index (χ3v) is 7.31. The number of benzene rings is 1. The second-order valence-corrected chi connectivity index (χ2v) is 10.9. The summed E-state index contributed by atoms with van der Waals surface area (Å²) in [6.07, 6.45) is 5.30. The summed E-state index contributed by atoms with van der Waals surface area (Å²) in [5, 5.41) is 4.66. The summed E-state index contributed by atoms with van der Waals surface area (Å²) in [6, 6.07) is 6.71. The molecule has 2 aromatic heterocycles. The minimum Gasteiger partial charge on any atom is -0.479 e. The van der Waals surface area contributed by atoms with Gasteiger partial charge in [0.05, 0.1) is 18.9 Å². The lowest BCUT2D eigenvalue weighted by molar-refractivity contribution is -0.151. The van der Waals surface area contributed by atoms with Crippen LogP contribution in [0.1, 0.15) is 101 Å². The van der Waals surface area contributed by atoms with E-state index in [4.69, 9.17) is 23.9 Å². The Bertz CT molecular complexity index is 1420. The van der Waals surface area contributed by atoms with Crippen molar-refractivity contribution in [2.24, 2.45) is 7.05 Å². The lowest BCUT2D eigenvalue weighted by Gasteiger charge is -2.23. The topological polar surface area (TPSA) is 135 Å². The highest BCUT2D eigenvalue weighted by Gasteiger charge is 2.23. The number of carbonyl (C=O) groups is 3. The van der Waals surface area contributed by atoms with Gasteiger partial charge in [-0.25, -0.2) is 9.78 Å². The summed E-state index contributed by atoms with van der Waals surface area (Å²) in [7, 11) is 1.84. The van der Waals surface area contributed by atoms with Crippen LogP contribution in [0, 0.1) is 0 Å². The van der Waals surface area contributed by atoms with E-state index in [1.54, 1.807) is 47.7 Å². The van der Waals surface area contributed by atoms with Crippen LogP contribution in [-0.2, 0) is 39.0 Å². The van der Waals surface area contributed by atoms with Crippen LogP contribution in [0.25, 0.3) is 11.0 Å². The Labute approximate surface area is 271 Å². The zero-order chi connectivity index (χ0) is 33.5. The van der Waals surface area contributed by atoms with Gasteiger partial charge in [0.2, 0.25) is 5.88 Å². The Balaban J connectivity index is 1.80. The largest absolute Gasteiger partial charge is 0.479 e. The molecule has 3 rings (SSSR count). The van der Waals surface area contributed by atoms with E-state index in [1.807, 2.05) is 20.9 Å². The highest BCUT2D eigenvalue weighted by Crippen LogP contribution is 2.26. The van der Waals surface area contributed by atoms with Crippen molar-refractivity contribution in [3.63, 3.8) is 0 Å². The number of aryl methyl sites for hydroxylation is 3. The molecule has 12 heteroatoms. The van der Waals surface area contributed by atoms with Crippen molar-refractivity contribution in [3.05, 3.63) is 41.3 Å². The molecule has 46 heavy (non-hydrogen) atoms. The maximum atomic E-state index is 13.8. The standard InChI is InChI=1S/C34H49N5O7/c1-7-15-26-30-31(38(6)37-26)32(36-28(9-3)35-30)45-23-39(22-14-12-13-17-29(40)43-10-4)33(41)24-18-20-25(21-19-24)46-27(16-8-2)34(42)44-11-5/h18-21,27H,7-17,22-23H2,1-6H3. The minimum atomic E-state index is -0.714. The number of aromatic nitrogens is 4. The van der Waals surface area contributed by atoms with Crippen molar-refractivity contribution in [1.29, 1.82) is 0 Å². The zero-order valence-corrected chi connectivity index (χ0v) is 28.2. The molecule has 0 aliphatic heterocycles. The van der Waals surface area contributed by atoms with Gasteiger partial charge in [-0.05, 0) is 63.8 Å². The van der Waals surface area contributed by atoms with Gasteiger partial charge >= 0.3 is 11.9 Å². The summed E-state index contributed by atoms with van der Waals surface area (Å²) in [5.74, 6) is 0.636. The van der Waals surface area contributed by atoms with Crippen molar-refractivity contribution >= 4 is 28.9 Å². The molecule has 0 N–H and O–H groups in total. The predicted octanol–water partition coefficient (Wildman–Crippen LogP) is 5.59. The highest BCUT2D eigenvalue weighted by molar-refractivity contribution is 5.94. The van der Waals surface area contributed by atoms with Crippen molar-refractivity contribution in [3.8, 4) is 11.6 Å². The fraction of sp³-hybridized carbons (Fsp3) is 0.588. The van der Waals surface area contributed by atoms with E-state index in [-0.39, 0.29) is 25.2 Å². The van der Waals surface area contributed by atoms with Gasteiger partial charge in [-0.15, -0.1) is 0 Å². The fourth-order valence-electron chi connectivity index (χ4n) is 5.00. The van der Waals surface area contributed by atoms with Gasteiger partial charge in [0.1, 0.15) is 22.6 Å². The smallest absolute Gasteiger partial charge is 0.347 e. The number of carbonyl (C=O) groups excluding carboxylic acids is 3. The molecule has 3 aromatic rings. The first-order valence-electron chi connectivity index (χ1n) is 16.5. The average molecular weight is 640 g/mol. The van der Waals surface area contributed by atoms with Gasteiger partial charge in [-0.1, -0.05) is 40.0 Å². The summed E-state index contributed by atoms with van der Waals surface area (Å²) >= 11 is 0. The third kappa shape index (κ3) is 10.1. The first kappa shape index (κ1) is 36.3. The van der Waals surface area contributed by atoms with Crippen LogP contribution in [0.4, 0.5) is 0 Å². The quantitative estimate of drug-likeness (QED) is 0.0874. The molecular formula is C34H49N5O7.